The average Bonchev–Trinajstić information content (AvgIpc) is 2.33. The van der Waals surface area contributed by atoms with Gasteiger partial charge in [0.2, 0.25) is 6.08 Å². The lowest BCUT2D eigenvalue weighted by Crippen LogP contribution is -2.45. The third-order valence-electron chi connectivity index (χ3n) is 2.98. The van der Waals surface area contributed by atoms with E-state index in [0.717, 1.165) is 12.0 Å². The summed E-state index contributed by atoms with van der Waals surface area (Å²) >= 11 is 0. The summed E-state index contributed by atoms with van der Waals surface area (Å²) in [6.07, 6.45) is 2.31. The molecule has 0 aromatic heterocycles. The Bertz CT molecular complexity index is 517. The SMILES string of the molecule is CCC(C)(C)NC(=O)Nc1cc(N=C=O)ccc1C. The molecule has 0 fully saturated rings. The lowest BCUT2D eigenvalue weighted by molar-refractivity contribution is 0.240. The molecule has 1 rings (SSSR count). The summed E-state index contributed by atoms with van der Waals surface area (Å²) in [5, 5.41) is 5.63. The maximum Gasteiger partial charge on any atom is 0.319 e. The van der Waals surface area contributed by atoms with E-state index in [9.17, 15) is 9.59 Å². The molecule has 5 heteroatoms. The van der Waals surface area contributed by atoms with E-state index in [1.54, 1.807) is 18.2 Å². The van der Waals surface area contributed by atoms with Crippen molar-refractivity contribution in [3.63, 3.8) is 0 Å². The fraction of sp³-hybridized carbons (Fsp3) is 0.429. The van der Waals surface area contributed by atoms with Crippen molar-refractivity contribution in [1.82, 2.24) is 5.32 Å². The van der Waals surface area contributed by atoms with Gasteiger partial charge in [0.25, 0.3) is 0 Å². The summed E-state index contributed by atoms with van der Waals surface area (Å²) in [5.41, 5.74) is 1.72. The van der Waals surface area contributed by atoms with Crippen molar-refractivity contribution in [1.29, 1.82) is 0 Å². The molecule has 1 aromatic rings. The number of anilines is 1. The van der Waals surface area contributed by atoms with Gasteiger partial charge >= 0.3 is 6.03 Å². The zero-order valence-electron chi connectivity index (χ0n) is 11.7. The molecular weight excluding hydrogens is 242 g/mol. The van der Waals surface area contributed by atoms with Crippen molar-refractivity contribution in [3.8, 4) is 0 Å². The van der Waals surface area contributed by atoms with Crippen LogP contribution >= 0.6 is 0 Å². The van der Waals surface area contributed by atoms with E-state index < -0.39 is 0 Å². The Kier molecular flexibility index (Phi) is 4.84. The van der Waals surface area contributed by atoms with Crippen molar-refractivity contribution in [2.75, 3.05) is 5.32 Å². The number of amides is 2. The number of nitrogens with zero attached hydrogens (tertiary/aromatic N) is 1. The number of hydrogen-bond acceptors (Lipinski definition) is 3. The second-order valence-electron chi connectivity index (χ2n) is 5.02. The van der Waals surface area contributed by atoms with Crippen LogP contribution < -0.4 is 10.6 Å². The minimum atomic E-state index is -0.276. The van der Waals surface area contributed by atoms with E-state index in [0.29, 0.717) is 11.4 Å². The standard InChI is InChI=1S/C14H19N3O2/c1-5-14(3,4)17-13(19)16-12-8-11(15-9-18)7-6-10(12)2/h6-8H,5H2,1-4H3,(H2,16,17,19). The topological polar surface area (TPSA) is 70.6 Å². The summed E-state index contributed by atoms with van der Waals surface area (Å²) < 4.78 is 0. The van der Waals surface area contributed by atoms with Crippen molar-refractivity contribution in [3.05, 3.63) is 23.8 Å². The van der Waals surface area contributed by atoms with Crippen LogP contribution in [0.5, 0.6) is 0 Å². The molecule has 0 radical (unpaired) electrons. The van der Waals surface area contributed by atoms with E-state index >= 15 is 0 Å². The quantitative estimate of drug-likeness (QED) is 0.645. The van der Waals surface area contributed by atoms with Gasteiger partial charge in [0.15, 0.2) is 0 Å². The van der Waals surface area contributed by atoms with Gasteiger partial charge in [0.05, 0.1) is 5.69 Å². The Morgan fingerprint density at radius 2 is 2.11 bits per heavy atom. The maximum atomic E-state index is 11.9. The van der Waals surface area contributed by atoms with E-state index in [1.807, 2.05) is 27.7 Å². The third kappa shape index (κ3) is 4.56. The first-order valence-electron chi connectivity index (χ1n) is 6.15. The van der Waals surface area contributed by atoms with Crippen LogP contribution in [0.3, 0.4) is 0 Å². The smallest absolute Gasteiger partial charge is 0.319 e. The Hall–Kier alpha value is -2.13. The molecule has 2 amide bonds. The number of carbonyl (C=O) groups is 1. The number of aliphatic imine (C=N–C) groups is 1. The first kappa shape index (κ1) is 14.9. The normalized spacial score (nSPS) is 10.5. The first-order chi connectivity index (χ1) is 8.88. The summed E-state index contributed by atoms with van der Waals surface area (Å²) in [6, 6.07) is 4.84. The fourth-order valence-electron chi connectivity index (χ4n) is 1.42. The number of aryl methyl sites for hydroxylation is 1. The largest absolute Gasteiger partial charge is 0.333 e. The predicted molar refractivity (Wildman–Crippen MR) is 75.5 cm³/mol. The number of rotatable bonds is 4. The van der Waals surface area contributed by atoms with Crippen molar-refractivity contribution >= 4 is 23.5 Å². The molecular formula is C14H19N3O2. The molecule has 0 bridgehead atoms. The number of benzene rings is 1. The highest BCUT2D eigenvalue weighted by molar-refractivity contribution is 5.91. The van der Waals surface area contributed by atoms with Gasteiger partial charge in [0, 0.05) is 11.2 Å². The summed E-state index contributed by atoms with van der Waals surface area (Å²) in [4.78, 5) is 25.6. The van der Waals surface area contributed by atoms with Gasteiger partial charge in [-0.2, -0.15) is 4.99 Å². The van der Waals surface area contributed by atoms with Crippen LogP contribution in [-0.4, -0.2) is 17.6 Å². The molecule has 5 nitrogen and oxygen atoms in total. The highest BCUT2D eigenvalue weighted by Crippen LogP contribution is 2.22. The molecule has 0 spiro atoms. The van der Waals surface area contributed by atoms with E-state index in [4.69, 9.17) is 0 Å². The van der Waals surface area contributed by atoms with Gasteiger partial charge in [-0.05, 0) is 44.9 Å². The monoisotopic (exact) mass is 261 g/mol. The summed E-state index contributed by atoms with van der Waals surface area (Å²) in [5.74, 6) is 0. The molecule has 0 unspecified atom stereocenters. The van der Waals surface area contributed by atoms with Gasteiger partial charge in [-0.15, -0.1) is 0 Å². The van der Waals surface area contributed by atoms with Crippen LogP contribution in [0.2, 0.25) is 0 Å². The van der Waals surface area contributed by atoms with Crippen LogP contribution in [0, 0.1) is 6.92 Å². The fourth-order valence-corrected chi connectivity index (χ4v) is 1.42. The molecule has 1 aromatic carbocycles. The molecule has 19 heavy (non-hydrogen) atoms. The highest BCUT2D eigenvalue weighted by Gasteiger charge is 2.18. The lowest BCUT2D eigenvalue weighted by Gasteiger charge is -2.24. The molecule has 2 N–H and O–H groups in total. The number of nitrogens with one attached hydrogen (secondary N) is 2. The van der Waals surface area contributed by atoms with Crippen LogP contribution in [-0.2, 0) is 4.79 Å². The summed E-state index contributed by atoms with van der Waals surface area (Å²) in [7, 11) is 0. The van der Waals surface area contributed by atoms with Crippen molar-refractivity contribution < 1.29 is 9.59 Å². The number of hydrogen-bond donors (Lipinski definition) is 2. The molecule has 0 saturated heterocycles. The van der Waals surface area contributed by atoms with Crippen LogP contribution in [0.25, 0.3) is 0 Å². The van der Waals surface area contributed by atoms with Crippen LogP contribution in [0.4, 0.5) is 16.2 Å². The molecule has 102 valence electrons. The van der Waals surface area contributed by atoms with Gasteiger partial charge in [0.1, 0.15) is 0 Å². The van der Waals surface area contributed by atoms with E-state index in [-0.39, 0.29) is 11.6 Å². The number of isocyanates is 1. The third-order valence-corrected chi connectivity index (χ3v) is 2.98. The average molecular weight is 261 g/mol. The minimum Gasteiger partial charge on any atom is -0.333 e. The van der Waals surface area contributed by atoms with Gasteiger partial charge in [-0.3, -0.25) is 0 Å². The zero-order chi connectivity index (χ0) is 14.5. The number of carbonyl (C=O) groups excluding carboxylic acids is 2. The Morgan fingerprint density at radius 1 is 1.42 bits per heavy atom. The molecule has 0 atom stereocenters. The summed E-state index contributed by atoms with van der Waals surface area (Å²) in [6.45, 7) is 7.78. The van der Waals surface area contributed by atoms with Crippen LogP contribution in [0.1, 0.15) is 32.8 Å². The lowest BCUT2D eigenvalue weighted by atomic mass is 10.0. The Morgan fingerprint density at radius 3 is 2.68 bits per heavy atom. The zero-order valence-corrected chi connectivity index (χ0v) is 11.7. The molecule has 0 saturated carbocycles. The van der Waals surface area contributed by atoms with Gasteiger partial charge < -0.3 is 10.6 Å². The predicted octanol–water partition coefficient (Wildman–Crippen LogP) is 3.27. The van der Waals surface area contributed by atoms with Gasteiger partial charge in [-0.1, -0.05) is 13.0 Å². The van der Waals surface area contributed by atoms with Crippen molar-refractivity contribution in [2.24, 2.45) is 4.99 Å². The molecule has 0 heterocycles. The van der Waals surface area contributed by atoms with E-state index in [1.165, 1.54) is 6.08 Å². The molecule has 0 aliphatic heterocycles. The Balaban J connectivity index is 2.84. The minimum absolute atomic E-state index is 0.267. The molecule has 0 aliphatic carbocycles. The second-order valence-corrected chi connectivity index (χ2v) is 5.02. The Labute approximate surface area is 113 Å². The number of urea groups is 1. The van der Waals surface area contributed by atoms with E-state index in [2.05, 4.69) is 15.6 Å². The molecule has 0 aliphatic rings. The highest BCUT2D eigenvalue weighted by atomic mass is 16.2. The maximum absolute atomic E-state index is 11.9. The van der Waals surface area contributed by atoms with Crippen molar-refractivity contribution in [2.45, 2.75) is 39.7 Å². The van der Waals surface area contributed by atoms with Gasteiger partial charge in [-0.25, -0.2) is 9.59 Å². The van der Waals surface area contributed by atoms with Crippen LogP contribution in [0.15, 0.2) is 23.2 Å². The first-order valence-corrected chi connectivity index (χ1v) is 6.15. The second kappa shape index (κ2) is 6.16.